The van der Waals surface area contributed by atoms with Gasteiger partial charge in [0.15, 0.2) is 5.96 Å². The molecule has 0 heterocycles. The van der Waals surface area contributed by atoms with Gasteiger partial charge in [-0.2, -0.15) is 0 Å². The van der Waals surface area contributed by atoms with Gasteiger partial charge in [-0.25, -0.2) is 0 Å². The van der Waals surface area contributed by atoms with E-state index in [0.717, 1.165) is 25.4 Å². The minimum Gasteiger partial charge on any atom is -0.356 e. The van der Waals surface area contributed by atoms with E-state index in [4.69, 9.17) is 0 Å². The topological polar surface area (TPSA) is 65.5 Å². The molecule has 0 bridgehead atoms. The minimum absolute atomic E-state index is 0.0148. The van der Waals surface area contributed by atoms with Gasteiger partial charge in [0.25, 0.3) is 0 Å². The van der Waals surface area contributed by atoms with Crippen LogP contribution in [-0.4, -0.2) is 38.5 Å². The van der Waals surface area contributed by atoms with Crippen molar-refractivity contribution in [3.05, 3.63) is 0 Å². The van der Waals surface area contributed by atoms with E-state index in [2.05, 4.69) is 20.9 Å². The Morgan fingerprint density at radius 2 is 1.86 bits per heavy atom. The zero-order valence-corrected chi connectivity index (χ0v) is 13.7. The second-order valence-electron chi connectivity index (χ2n) is 5.85. The summed E-state index contributed by atoms with van der Waals surface area (Å²) in [7, 11) is 1.73. The van der Waals surface area contributed by atoms with Gasteiger partial charge in [0.2, 0.25) is 5.91 Å². The number of guanidine groups is 1. The molecular formula is C16H32N4O. The maximum Gasteiger partial charge on any atom is 0.239 e. The number of nitrogens with zero attached hydrogens (tertiary/aromatic N) is 1. The second kappa shape index (κ2) is 11.4. The Hall–Kier alpha value is -1.26. The van der Waals surface area contributed by atoms with Crippen molar-refractivity contribution in [1.82, 2.24) is 16.0 Å². The van der Waals surface area contributed by atoms with Crippen molar-refractivity contribution in [2.75, 3.05) is 26.7 Å². The van der Waals surface area contributed by atoms with Crippen LogP contribution in [-0.2, 0) is 4.79 Å². The zero-order valence-electron chi connectivity index (χ0n) is 13.7. The van der Waals surface area contributed by atoms with Crippen LogP contribution in [0.5, 0.6) is 0 Å². The lowest BCUT2D eigenvalue weighted by molar-refractivity contribution is -0.120. The third kappa shape index (κ3) is 8.58. The van der Waals surface area contributed by atoms with E-state index in [1.165, 1.54) is 44.9 Å². The maximum atomic E-state index is 11.5. The van der Waals surface area contributed by atoms with Crippen LogP contribution >= 0.6 is 0 Å². The summed E-state index contributed by atoms with van der Waals surface area (Å²) in [4.78, 5) is 15.6. The first-order chi connectivity index (χ1) is 10.3. The number of hydrogen-bond acceptors (Lipinski definition) is 2. The van der Waals surface area contributed by atoms with E-state index in [0.29, 0.717) is 5.96 Å². The van der Waals surface area contributed by atoms with E-state index in [1.807, 2.05) is 6.92 Å². The summed E-state index contributed by atoms with van der Waals surface area (Å²) >= 11 is 0. The van der Waals surface area contributed by atoms with E-state index < -0.39 is 0 Å². The summed E-state index contributed by atoms with van der Waals surface area (Å²) in [6, 6.07) is 0. The lowest BCUT2D eigenvalue weighted by Gasteiger charge is -2.12. The predicted octanol–water partition coefficient (Wildman–Crippen LogP) is 2.04. The van der Waals surface area contributed by atoms with Crippen molar-refractivity contribution < 1.29 is 4.79 Å². The van der Waals surface area contributed by atoms with E-state index >= 15 is 0 Å². The quantitative estimate of drug-likeness (QED) is 0.346. The molecule has 1 aliphatic carbocycles. The van der Waals surface area contributed by atoms with Crippen LogP contribution in [0, 0.1) is 5.92 Å². The number of amides is 1. The van der Waals surface area contributed by atoms with Gasteiger partial charge in [-0.05, 0) is 18.8 Å². The molecule has 0 saturated heterocycles. The van der Waals surface area contributed by atoms with Crippen molar-refractivity contribution in [3.63, 3.8) is 0 Å². The van der Waals surface area contributed by atoms with Gasteiger partial charge in [0.1, 0.15) is 0 Å². The predicted molar refractivity (Wildman–Crippen MR) is 88.5 cm³/mol. The smallest absolute Gasteiger partial charge is 0.239 e. The van der Waals surface area contributed by atoms with E-state index in [1.54, 1.807) is 7.05 Å². The Bertz CT molecular complexity index is 311. The van der Waals surface area contributed by atoms with Crippen LogP contribution in [0.4, 0.5) is 0 Å². The highest BCUT2D eigenvalue weighted by atomic mass is 16.1. The fourth-order valence-corrected chi connectivity index (χ4v) is 2.78. The average molecular weight is 296 g/mol. The Kier molecular flexibility index (Phi) is 9.66. The summed E-state index contributed by atoms with van der Waals surface area (Å²) in [6.07, 6.45) is 10.5. The van der Waals surface area contributed by atoms with Gasteiger partial charge in [-0.1, -0.05) is 45.4 Å². The van der Waals surface area contributed by atoms with Crippen molar-refractivity contribution >= 4 is 11.9 Å². The molecule has 1 aliphatic rings. The molecule has 1 saturated carbocycles. The molecule has 3 N–H and O–H groups in total. The molecule has 122 valence electrons. The molecule has 0 aliphatic heterocycles. The Morgan fingerprint density at radius 1 is 1.10 bits per heavy atom. The number of carbonyl (C=O) groups excluding carboxylic acids is 1. The molecule has 0 radical (unpaired) electrons. The highest BCUT2D eigenvalue weighted by molar-refractivity contribution is 5.86. The molecule has 0 spiro atoms. The Labute approximate surface area is 129 Å². The monoisotopic (exact) mass is 296 g/mol. The molecule has 0 aromatic heterocycles. The molecule has 5 heteroatoms. The Morgan fingerprint density at radius 3 is 2.52 bits per heavy atom. The number of aliphatic imine (C=N–C) groups is 1. The molecule has 0 unspecified atom stereocenters. The highest BCUT2D eigenvalue weighted by Crippen LogP contribution is 2.28. The Balaban J connectivity index is 2.01. The summed E-state index contributed by atoms with van der Waals surface area (Å²) in [5.41, 5.74) is 0. The van der Waals surface area contributed by atoms with E-state index in [-0.39, 0.29) is 12.5 Å². The van der Waals surface area contributed by atoms with Crippen LogP contribution < -0.4 is 16.0 Å². The lowest BCUT2D eigenvalue weighted by atomic mass is 10.0. The van der Waals surface area contributed by atoms with Crippen molar-refractivity contribution in [2.24, 2.45) is 10.9 Å². The number of nitrogens with one attached hydrogen (secondary N) is 3. The first kappa shape index (κ1) is 17.8. The number of hydrogen-bond donors (Lipinski definition) is 3. The summed E-state index contributed by atoms with van der Waals surface area (Å²) in [6.45, 7) is 3.97. The van der Waals surface area contributed by atoms with Crippen molar-refractivity contribution in [1.29, 1.82) is 0 Å². The molecule has 0 aromatic rings. The molecule has 1 rings (SSSR count). The van der Waals surface area contributed by atoms with Crippen LogP contribution in [0.1, 0.15) is 58.3 Å². The lowest BCUT2D eigenvalue weighted by Crippen LogP contribution is -2.43. The molecule has 5 nitrogen and oxygen atoms in total. The van der Waals surface area contributed by atoms with Gasteiger partial charge < -0.3 is 16.0 Å². The zero-order chi connectivity index (χ0) is 15.3. The van der Waals surface area contributed by atoms with Crippen molar-refractivity contribution in [3.8, 4) is 0 Å². The first-order valence-corrected chi connectivity index (χ1v) is 8.47. The van der Waals surface area contributed by atoms with Crippen molar-refractivity contribution in [2.45, 2.75) is 58.3 Å². The number of unbranched alkanes of at least 4 members (excludes halogenated alkanes) is 1. The molecule has 0 aromatic carbocycles. The van der Waals surface area contributed by atoms with Gasteiger partial charge >= 0.3 is 0 Å². The third-order valence-corrected chi connectivity index (χ3v) is 4.02. The number of rotatable bonds is 9. The molecular weight excluding hydrogens is 264 g/mol. The average Bonchev–Trinajstić information content (AvgIpc) is 3.01. The van der Waals surface area contributed by atoms with Gasteiger partial charge in [0.05, 0.1) is 6.54 Å². The standard InChI is InChI=1S/C16H32N4O/c1-3-11-18-15(21)13-20-16(17-2)19-12-7-6-10-14-8-4-5-9-14/h14H,3-13H2,1-2H3,(H,18,21)(H2,17,19,20). The van der Waals surface area contributed by atoms with Crippen LogP contribution in [0.2, 0.25) is 0 Å². The van der Waals surface area contributed by atoms with Crippen LogP contribution in [0.15, 0.2) is 4.99 Å². The molecule has 1 amide bonds. The fourth-order valence-electron chi connectivity index (χ4n) is 2.78. The largest absolute Gasteiger partial charge is 0.356 e. The van der Waals surface area contributed by atoms with Gasteiger partial charge in [-0.3, -0.25) is 9.79 Å². The minimum atomic E-state index is 0.0148. The molecule has 0 atom stereocenters. The highest BCUT2D eigenvalue weighted by Gasteiger charge is 2.13. The number of carbonyl (C=O) groups is 1. The van der Waals surface area contributed by atoms with Crippen LogP contribution in [0.3, 0.4) is 0 Å². The van der Waals surface area contributed by atoms with E-state index in [9.17, 15) is 4.79 Å². The summed E-state index contributed by atoms with van der Waals surface area (Å²) in [5, 5.41) is 9.14. The summed E-state index contributed by atoms with van der Waals surface area (Å²) in [5.74, 6) is 1.70. The fraction of sp³-hybridized carbons (Fsp3) is 0.875. The summed E-state index contributed by atoms with van der Waals surface area (Å²) < 4.78 is 0. The maximum absolute atomic E-state index is 11.5. The van der Waals surface area contributed by atoms with Gasteiger partial charge in [0, 0.05) is 20.1 Å². The van der Waals surface area contributed by atoms with Crippen LogP contribution in [0.25, 0.3) is 0 Å². The first-order valence-electron chi connectivity index (χ1n) is 8.47. The SMILES string of the molecule is CCCNC(=O)CNC(=NC)NCCCCC1CCCC1. The third-order valence-electron chi connectivity index (χ3n) is 4.02. The second-order valence-corrected chi connectivity index (χ2v) is 5.85. The molecule has 1 fully saturated rings. The molecule has 21 heavy (non-hydrogen) atoms. The normalized spacial score (nSPS) is 16.0. The van der Waals surface area contributed by atoms with Gasteiger partial charge in [-0.15, -0.1) is 0 Å².